The van der Waals surface area contributed by atoms with E-state index in [9.17, 15) is 14.7 Å². The van der Waals surface area contributed by atoms with Crippen LogP contribution in [0.3, 0.4) is 0 Å². The molecule has 10 heteroatoms. The molecular formula is C36H38KN4O5. The van der Waals surface area contributed by atoms with Crippen LogP contribution in [0.15, 0.2) is 86.9 Å². The van der Waals surface area contributed by atoms with Crippen LogP contribution in [0.1, 0.15) is 62.2 Å². The number of nitrogens with one attached hydrogen (secondary N) is 1. The van der Waals surface area contributed by atoms with Crippen LogP contribution in [0, 0.1) is 12.8 Å². The minimum atomic E-state index is -0.602. The van der Waals surface area contributed by atoms with Crippen molar-refractivity contribution >= 4 is 51.4 Å². The Kier molecular flexibility index (Phi) is 11.3. The van der Waals surface area contributed by atoms with E-state index in [4.69, 9.17) is 14.2 Å². The van der Waals surface area contributed by atoms with Gasteiger partial charge < -0.3 is 9.84 Å². The molecule has 2 aromatic heterocycles. The molecule has 1 fully saturated rings. The van der Waals surface area contributed by atoms with Crippen LogP contribution in [0.4, 0.5) is 0 Å². The van der Waals surface area contributed by atoms with Crippen molar-refractivity contribution in [1.29, 1.82) is 0 Å². The molecule has 5 aromatic rings. The zero-order chi connectivity index (χ0) is 31.5. The van der Waals surface area contributed by atoms with E-state index in [1.165, 1.54) is 0 Å². The Morgan fingerprint density at radius 3 is 2.37 bits per heavy atom. The molecule has 1 saturated carbocycles. The Bertz CT molecular complexity index is 1900. The number of hydrogen-bond donors (Lipinski definition) is 2. The normalized spacial score (nSPS) is 17.8. The van der Waals surface area contributed by atoms with Crippen molar-refractivity contribution in [3.05, 3.63) is 116 Å². The van der Waals surface area contributed by atoms with E-state index < -0.39 is 5.76 Å². The summed E-state index contributed by atoms with van der Waals surface area (Å²) in [5.74, 6) is 1.39. The molecule has 0 bridgehead atoms. The summed E-state index contributed by atoms with van der Waals surface area (Å²) in [6.07, 6.45) is 4.27. The number of aliphatic hydroxyl groups excluding tert-OH is 1. The monoisotopic (exact) mass is 645 g/mol. The van der Waals surface area contributed by atoms with Crippen LogP contribution in [-0.4, -0.2) is 88.4 Å². The molecule has 1 aliphatic rings. The number of nitrogens with zero attached hydrogens (tertiary/aromatic N) is 3. The number of rotatable bonds is 9. The first-order chi connectivity index (χ1) is 21.8. The zero-order valence-electron chi connectivity index (χ0n) is 26.8. The van der Waals surface area contributed by atoms with Gasteiger partial charge in [-0.3, -0.25) is 18.9 Å². The standard InChI is InChI=1S/C36H38N4O5.K/c1-4-7-32-31(21-24-10-12-25(13-11-24)29-8-5-6-9-30(29)34-38-36(43)45-39-34)35(42)40(23(3)37-32)26-14-16-27(17-15-26)44-28-18-19-33(41)22(2)20-28;/h5-6,8-17,22,28,33,41H,4,7,18-21H2,1-3H3,(H,38,39,43);. The molecule has 0 saturated heterocycles. The van der Waals surface area contributed by atoms with E-state index in [1.807, 2.05) is 79.7 Å². The predicted octanol–water partition coefficient (Wildman–Crippen LogP) is 5.64. The number of H-pyrrole nitrogens is 1. The number of aromatic amines is 1. The summed E-state index contributed by atoms with van der Waals surface area (Å²) in [4.78, 5) is 33.1. The van der Waals surface area contributed by atoms with Gasteiger partial charge in [0.05, 0.1) is 23.6 Å². The quantitative estimate of drug-likeness (QED) is 0.199. The molecule has 2 heterocycles. The van der Waals surface area contributed by atoms with E-state index >= 15 is 0 Å². The average molecular weight is 646 g/mol. The zero-order valence-corrected chi connectivity index (χ0v) is 29.9. The van der Waals surface area contributed by atoms with E-state index in [0.717, 1.165) is 71.5 Å². The third-order valence-electron chi connectivity index (χ3n) is 8.66. The molecule has 6 rings (SSSR count). The van der Waals surface area contributed by atoms with Crippen LogP contribution in [0.25, 0.3) is 28.2 Å². The van der Waals surface area contributed by atoms with Crippen LogP contribution < -0.4 is 16.1 Å². The first-order valence-corrected chi connectivity index (χ1v) is 15.6. The smallest absolute Gasteiger partial charge is 0.439 e. The summed E-state index contributed by atoms with van der Waals surface area (Å²) >= 11 is 0. The van der Waals surface area contributed by atoms with Gasteiger partial charge >= 0.3 is 5.76 Å². The van der Waals surface area contributed by atoms with Gasteiger partial charge in [-0.2, -0.15) is 0 Å². The van der Waals surface area contributed by atoms with Gasteiger partial charge in [-0.25, -0.2) is 9.78 Å². The molecule has 3 aromatic carbocycles. The van der Waals surface area contributed by atoms with Crippen molar-refractivity contribution < 1.29 is 14.4 Å². The summed E-state index contributed by atoms with van der Waals surface area (Å²) in [6.45, 7) is 6.02. The molecule has 9 nitrogen and oxygen atoms in total. The van der Waals surface area contributed by atoms with Gasteiger partial charge in [-0.05, 0) is 79.5 Å². The maximum absolute atomic E-state index is 14.1. The number of aliphatic hydroxyl groups is 1. The second kappa shape index (κ2) is 15.2. The summed E-state index contributed by atoms with van der Waals surface area (Å²) < 4.78 is 12.6. The molecule has 0 aliphatic heterocycles. The van der Waals surface area contributed by atoms with Crippen molar-refractivity contribution in [3.63, 3.8) is 0 Å². The van der Waals surface area contributed by atoms with E-state index in [2.05, 4.69) is 24.0 Å². The van der Waals surface area contributed by atoms with Gasteiger partial charge in [0.1, 0.15) is 11.6 Å². The summed E-state index contributed by atoms with van der Waals surface area (Å²) in [7, 11) is 0. The fraction of sp³-hybridized carbons (Fsp3) is 0.333. The van der Waals surface area contributed by atoms with E-state index in [-0.39, 0.29) is 75.1 Å². The van der Waals surface area contributed by atoms with Gasteiger partial charge in [0.25, 0.3) is 5.56 Å². The molecule has 1 aliphatic carbocycles. The Labute approximate surface area is 310 Å². The number of benzene rings is 3. The molecule has 3 unspecified atom stereocenters. The third kappa shape index (κ3) is 7.54. The SMILES string of the molecule is CCCc1nc(C)n(-c2ccc(OC3CCC(O)C(C)C3)cc2)c(=O)c1Cc1ccc(-c2ccccc2-c2noc(=O)[nH]2)cc1.[K]. The van der Waals surface area contributed by atoms with Gasteiger partial charge in [-0.15, -0.1) is 0 Å². The topological polar surface area (TPSA) is 123 Å². The summed E-state index contributed by atoms with van der Waals surface area (Å²) in [5, 5.41) is 13.9. The van der Waals surface area contributed by atoms with Gasteiger partial charge in [0, 0.05) is 68.9 Å². The maximum Gasteiger partial charge on any atom is 0.439 e. The van der Waals surface area contributed by atoms with Crippen LogP contribution in [-0.2, 0) is 12.8 Å². The van der Waals surface area contributed by atoms with Gasteiger partial charge in [-0.1, -0.05) is 74.0 Å². The molecule has 46 heavy (non-hydrogen) atoms. The van der Waals surface area contributed by atoms with Crippen LogP contribution >= 0.6 is 0 Å². The van der Waals surface area contributed by atoms with Gasteiger partial charge in [0.15, 0.2) is 5.82 Å². The fourth-order valence-corrected chi connectivity index (χ4v) is 6.24. The van der Waals surface area contributed by atoms with Crippen molar-refractivity contribution in [2.75, 3.05) is 0 Å². The minimum Gasteiger partial charge on any atom is -0.490 e. The van der Waals surface area contributed by atoms with E-state index in [1.54, 1.807) is 4.57 Å². The first-order valence-electron chi connectivity index (χ1n) is 15.6. The van der Waals surface area contributed by atoms with Crippen molar-refractivity contribution in [1.82, 2.24) is 19.7 Å². The van der Waals surface area contributed by atoms with Crippen molar-refractivity contribution in [2.24, 2.45) is 5.92 Å². The van der Waals surface area contributed by atoms with Crippen LogP contribution in [0.5, 0.6) is 5.75 Å². The predicted molar refractivity (Wildman–Crippen MR) is 179 cm³/mol. The average Bonchev–Trinajstić information content (AvgIpc) is 3.48. The Morgan fingerprint density at radius 2 is 1.72 bits per heavy atom. The molecule has 3 atom stereocenters. The minimum absolute atomic E-state index is 0. The van der Waals surface area contributed by atoms with Crippen molar-refractivity contribution in [2.45, 2.75) is 71.5 Å². The summed E-state index contributed by atoms with van der Waals surface area (Å²) in [6, 6.07) is 23.4. The number of aryl methyl sites for hydroxylation is 2. The largest absolute Gasteiger partial charge is 0.490 e. The molecule has 1 radical (unpaired) electrons. The van der Waals surface area contributed by atoms with E-state index in [0.29, 0.717) is 23.6 Å². The Hall–Kier alpha value is -3.12. The third-order valence-corrected chi connectivity index (χ3v) is 8.66. The first kappa shape index (κ1) is 34.2. The number of ether oxygens (including phenoxy) is 1. The fourth-order valence-electron chi connectivity index (χ4n) is 6.24. The summed E-state index contributed by atoms with van der Waals surface area (Å²) in [5.41, 5.74) is 5.80. The second-order valence-electron chi connectivity index (χ2n) is 11.9. The second-order valence-corrected chi connectivity index (χ2v) is 11.9. The van der Waals surface area contributed by atoms with Crippen LogP contribution in [0.2, 0.25) is 0 Å². The number of hydrogen-bond acceptors (Lipinski definition) is 7. The number of aromatic nitrogens is 4. The molecular weight excluding hydrogens is 608 g/mol. The maximum atomic E-state index is 14.1. The molecule has 2 N–H and O–H groups in total. The molecule has 233 valence electrons. The Balaban J connectivity index is 0.00000417. The van der Waals surface area contributed by atoms with Gasteiger partial charge in [0.2, 0.25) is 0 Å². The molecule has 0 spiro atoms. The Morgan fingerprint density at radius 1 is 1.00 bits per heavy atom. The van der Waals surface area contributed by atoms with Crippen molar-refractivity contribution in [3.8, 4) is 34.0 Å². The molecule has 0 amide bonds.